The van der Waals surface area contributed by atoms with Crippen LogP contribution in [0.2, 0.25) is 0 Å². The molecule has 6 nitrogen and oxygen atoms in total. The number of nitrogens with one attached hydrogen (secondary N) is 1. The van der Waals surface area contributed by atoms with Gasteiger partial charge in [0.15, 0.2) is 0 Å². The van der Waals surface area contributed by atoms with E-state index in [2.05, 4.69) is 5.32 Å². The van der Waals surface area contributed by atoms with Gasteiger partial charge in [-0.2, -0.15) is 0 Å². The topological polar surface area (TPSA) is 78.9 Å². The summed E-state index contributed by atoms with van der Waals surface area (Å²) in [6, 6.07) is 4.40. The molecule has 0 fully saturated rings. The Bertz CT molecular complexity index is 514. The third-order valence-corrected chi connectivity index (χ3v) is 3.15. The Labute approximate surface area is 124 Å². The van der Waals surface area contributed by atoms with E-state index in [1.165, 1.54) is 12.1 Å². The lowest BCUT2D eigenvalue weighted by atomic mass is 10.1. The normalized spacial score (nSPS) is 10.5. The molecule has 21 heavy (non-hydrogen) atoms. The lowest BCUT2D eigenvalue weighted by Gasteiger charge is -2.27. The highest BCUT2D eigenvalue weighted by Crippen LogP contribution is 2.18. The molecular formula is C15H22N2O4. The second kappa shape index (κ2) is 7.64. The van der Waals surface area contributed by atoms with Gasteiger partial charge in [0.05, 0.1) is 12.2 Å². The summed E-state index contributed by atoms with van der Waals surface area (Å²) in [5.74, 6) is -1.02. The van der Waals surface area contributed by atoms with Crippen molar-refractivity contribution in [1.82, 2.24) is 4.90 Å². The van der Waals surface area contributed by atoms with Crippen molar-refractivity contribution in [1.29, 1.82) is 0 Å². The standard InChI is InChI=1S/C15H22N2O4/c1-10(2)17(7-8-21-4)15(20)16-13-9-12(14(18)19)6-5-11(13)3/h5-6,9-10H,7-8H2,1-4H3,(H,16,20)(H,18,19). The molecule has 0 heterocycles. The minimum atomic E-state index is -1.02. The van der Waals surface area contributed by atoms with Gasteiger partial charge in [0.1, 0.15) is 0 Å². The number of aromatic carboxylic acids is 1. The maximum Gasteiger partial charge on any atom is 0.335 e. The number of hydrogen-bond acceptors (Lipinski definition) is 3. The van der Waals surface area contributed by atoms with Crippen LogP contribution in [-0.4, -0.2) is 48.3 Å². The maximum atomic E-state index is 12.3. The molecule has 0 saturated carbocycles. The van der Waals surface area contributed by atoms with Gasteiger partial charge in [-0.05, 0) is 38.5 Å². The van der Waals surface area contributed by atoms with E-state index in [4.69, 9.17) is 9.84 Å². The van der Waals surface area contributed by atoms with Gasteiger partial charge in [0, 0.05) is 25.4 Å². The Morgan fingerprint density at radius 2 is 2.05 bits per heavy atom. The molecule has 1 rings (SSSR count). The molecule has 0 bridgehead atoms. The van der Waals surface area contributed by atoms with Gasteiger partial charge in [-0.25, -0.2) is 9.59 Å². The zero-order chi connectivity index (χ0) is 16.0. The first kappa shape index (κ1) is 17.0. The van der Waals surface area contributed by atoms with Crippen molar-refractivity contribution in [3.63, 3.8) is 0 Å². The second-order valence-corrected chi connectivity index (χ2v) is 5.04. The van der Waals surface area contributed by atoms with E-state index in [1.807, 2.05) is 20.8 Å². The predicted molar refractivity (Wildman–Crippen MR) is 80.9 cm³/mol. The molecule has 1 aromatic carbocycles. The van der Waals surface area contributed by atoms with E-state index in [-0.39, 0.29) is 17.6 Å². The van der Waals surface area contributed by atoms with Crippen LogP contribution >= 0.6 is 0 Å². The summed E-state index contributed by atoms with van der Waals surface area (Å²) >= 11 is 0. The van der Waals surface area contributed by atoms with Crippen LogP contribution in [0.3, 0.4) is 0 Å². The van der Waals surface area contributed by atoms with E-state index in [0.717, 1.165) is 5.56 Å². The first-order valence-electron chi connectivity index (χ1n) is 6.77. The van der Waals surface area contributed by atoms with Crippen molar-refractivity contribution in [3.05, 3.63) is 29.3 Å². The van der Waals surface area contributed by atoms with Crippen LogP contribution in [0.4, 0.5) is 10.5 Å². The van der Waals surface area contributed by atoms with Crippen LogP contribution in [0, 0.1) is 6.92 Å². The SMILES string of the molecule is COCCN(C(=O)Nc1cc(C(=O)O)ccc1C)C(C)C. The zero-order valence-corrected chi connectivity index (χ0v) is 12.8. The molecule has 1 aromatic rings. The average Bonchev–Trinajstić information content (AvgIpc) is 2.41. The molecule has 2 N–H and O–H groups in total. The number of carboxylic acids is 1. The van der Waals surface area contributed by atoms with E-state index in [1.54, 1.807) is 18.1 Å². The number of aryl methyl sites for hydroxylation is 1. The first-order valence-corrected chi connectivity index (χ1v) is 6.77. The van der Waals surface area contributed by atoms with Gasteiger partial charge in [0.2, 0.25) is 0 Å². The van der Waals surface area contributed by atoms with E-state index in [0.29, 0.717) is 18.8 Å². The molecule has 0 radical (unpaired) electrons. The number of amides is 2. The molecule has 0 saturated heterocycles. The largest absolute Gasteiger partial charge is 0.478 e. The van der Waals surface area contributed by atoms with Gasteiger partial charge in [0.25, 0.3) is 0 Å². The van der Waals surface area contributed by atoms with Crippen molar-refractivity contribution in [2.45, 2.75) is 26.8 Å². The molecule has 0 aliphatic rings. The number of rotatable bonds is 6. The van der Waals surface area contributed by atoms with Crippen molar-refractivity contribution in [2.24, 2.45) is 0 Å². The van der Waals surface area contributed by atoms with Crippen LogP contribution in [0.15, 0.2) is 18.2 Å². The quantitative estimate of drug-likeness (QED) is 0.845. The lowest BCUT2D eigenvalue weighted by Crippen LogP contribution is -2.42. The number of nitrogens with zero attached hydrogens (tertiary/aromatic N) is 1. The predicted octanol–water partition coefficient (Wildman–Crippen LogP) is 2.58. The maximum absolute atomic E-state index is 12.3. The van der Waals surface area contributed by atoms with Crippen molar-refractivity contribution >= 4 is 17.7 Å². The summed E-state index contributed by atoms with van der Waals surface area (Å²) < 4.78 is 5.00. The molecular weight excluding hydrogens is 272 g/mol. The number of urea groups is 1. The van der Waals surface area contributed by atoms with E-state index >= 15 is 0 Å². The number of benzene rings is 1. The Hall–Kier alpha value is -2.08. The summed E-state index contributed by atoms with van der Waals surface area (Å²) in [6.45, 7) is 6.55. The highest BCUT2D eigenvalue weighted by Gasteiger charge is 2.18. The third-order valence-electron chi connectivity index (χ3n) is 3.15. The lowest BCUT2D eigenvalue weighted by molar-refractivity contribution is 0.0697. The van der Waals surface area contributed by atoms with Gasteiger partial charge in [-0.15, -0.1) is 0 Å². The van der Waals surface area contributed by atoms with Crippen molar-refractivity contribution < 1.29 is 19.4 Å². The minimum absolute atomic E-state index is 0.0168. The Kier molecular flexibility index (Phi) is 6.17. The summed E-state index contributed by atoms with van der Waals surface area (Å²) in [6.07, 6.45) is 0. The van der Waals surface area contributed by atoms with Gasteiger partial charge >= 0.3 is 12.0 Å². The van der Waals surface area contributed by atoms with Crippen molar-refractivity contribution in [3.8, 4) is 0 Å². The van der Waals surface area contributed by atoms with Gasteiger partial charge in [-0.3, -0.25) is 0 Å². The van der Waals surface area contributed by atoms with Gasteiger partial charge < -0.3 is 20.1 Å². The van der Waals surface area contributed by atoms with Gasteiger partial charge in [-0.1, -0.05) is 6.07 Å². The number of carbonyl (C=O) groups is 2. The molecule has 0 atom stereocenters. The fourth-order valence-electron chi connectivity index (χ4n) is 1.86. The number of carboxylic acid groups (broad SMARTS) is 1. The Morgan fingerprint density at radius 3 is 2.57 bits per heavy atom. The minimum Gasteiger partial charge on any atom is -0.478 e. The van der Waals surface area contributed by atoms with Crippen LogP contribution in [-0.2, 0) is 4.74 Å². The summed E-state index contributed by atoms with van der Waals surface area (Å²) in [4.78, 5) is 24.9. The van der Waals surface area contributed by atoms with Crippen LogP contribution in [0.5, 0.6) is 0 Å². The zero-order valence-electron chi connectivity index (χ0n) is 12.8. The second-order valence-electron chi connectivity index (χ2n) is 5.04. The van der Waals surface area contributed by atoms with Crippen LogP contribution in [0.1, 0.15) is 29.8 Å². The molecule has 0 aliphatic heterocycles. The number of ether oxygens (including phenoxy) is 1. The molecule has 0 aromatic heterocycles. The number of anilines is 1. The average molecular weight is 294 g/mol. The van der Waals surface area contributed by atoms with E-state index < -0.39 is 5.97 Å². The highest BCUT2D eigenvalue weighted by molar-refractivity contribution is 5.94. The summed E-state index contributed by atoms with van der Waals surface area (Å²) in [5, 5.41) is 11.8. The molecule has 0 unspecified atom stereocenters. The van der Waals surface area contributed by atoms with E-state index in [9.17, 15) is 9.59 Å². The molecule has 0 spiro atoms. The smallest absolute Gasteiger partial charge is 0.335 e. The fourth-order valence-corrected chi connectivity index (χ4v) is 1.86. The molecule has 2 amide bonds. The Morgan fingerprint density at radius 1 is 1.38 bits per heavy atom. The fraction of sp³-hybridized carbons (Fsp3) is 0.467. The van der Waals surface area contributed by atoms with Crippen LogP contribution in [0.25, 0.3) is 0 Å². The number of carbonyl (C=O) groups excluding carboxylic acids is 1. The summed E-state index contributed by atoms with van der Waals surface area (Å²) in [5.41, 5.74) is 1.45. The molecule has 0 aliphatic carbocycles. The number of methoxy groups -OCH3 is 1. The highest BCUT2D eigenvalue weighted by atomic mass is 16.5. The molecule has 6 heteroatoms. The first-order chi connectivity index (χ1) is 9.86. The Balaban J connectivity index is 2.90. The molecule has 116 valence electrons. The monoisotopic (exact) mass is 294 g/mol. The van der Waals surface area contributed by atoms with Crippen molar-refractivity contribution in [2.75, 3.05) is 25.6 Å². The third kappa shape index (κ3) is 4.75. The van der Waals surface area contributed by atoms with Crippen LogP contribution < -0.4 is 5.32 Å². The summed E-state index contributed by atoms with van der Waals surface area (Å²) in [7, 11) is 1.58. The number of hydrogen-bond donors (Lipinski definition) is 2.